The molecule has 1 fully saturated rings. The largest absolute Gasteiger partial charge is 0.483 e. The van der Waals surface area contributed by atoms with Crippen LogP contribution in [0.3, 0.4) is 0 Å². The molecule has 13 heteroatoms. The van der Waals surface area contributed by atoms with Crippen LogP contribution in [0.2, 0.25) is 5.02 Å². The summed E-state index contributed by atoms with van der Waals surface area (Å²) in [5.41, 5.74) is 1.22. The van der Waals surface area contributed by atoms with Gasteiger partial charge in [-0.15, -0.1) is 0 Å². The Balaban J connectivity index is 1.26. The molecule has 1 saturated heterocycles. The van der Waals surface area contributed by atoms with E-state index in [1.807, 2.05) is 0 Å². The van der Waals surface area contributed by atoms with Crippen molar-refractivity contribution in [3.8, 4) is 11.6 Å². The molecule has 5 rings (SSSR count). The Morgan fingerprint density at radius 1 is 1.16 bits per heavy atom. The first kappa shape index (κ1) is 24.6. The number of aromatic carboxylic acids is 1. The number of hydrogen-bond acceptors (Lipinski definition) is 6. The molecule has 0 aliphatic carbocycles. The average molecular weight is 531 g/mol. The number of nitrogens with zero attached hydrogens (tertiary/aromatic N) is 6. The highest BCUT2D eigenvalue weighted by atomic mass is 35.5. The third-order valence-electron chi connectivity index (χ3n) is 6.24. The molecule has 0 unspecified atom stereocenters. The van der Waals surface area contributed by atoms with Crippen LogP contribution in [0.25, 0.3) is 5.82 Å². The molecule has 0 bridgehead atoms. The fourth-order valence-corrected chi connectivity index (χ4v) is 4.66. The van der Waals surface area contributed by atoms with Crippen molar-refractivity contribution < 1.29 is 28.2 Å². The highest BCUT2D eigenvalue weighted by molar-refractivity contribution is 6.30. The molecule has 4 heterocycles. The molecule has 0 radical (unpaired) electrons. The first-order valence-corrected chi connectivity index (χ1v) is 11.7. The number of benzene rings is 1. The molecule has 1 aromatic carbocycles. The maximum absolute atomic E-state index is 14.5. The summed E-state index contributed by atoms with van der Waals surface area (Å²) in [4.78, 5) is 30.0. The Bertz CT molecular complexity index is 1420. The second kappa shape index (κ2) is 9.43. The molecule has 1 N–H and O–H groups in total. The van der Waals surface area contributed by atoms with Gasteiger partial charge in [-0.2, -0.15) is 10.2 Å². The van der Waals surface area contributed by atoms with Crippen molar-refractivity contribution >= 4 is 29.8 Å². The van der Waals surface area contributed by atoms with E-state index >= 15 is 0 Å². The Hall–Kier alpha value is -4.06. The molecule has 2 aromatic heterocycles. The van der Waals surface area contributed by atoms with Crippen LogP contribution in [-0.4, -0.2) is 67.2 Å². The molecule has 2 aliphatic rings. The summed E-state index contributed by atoms with van der Waals surface area (Å²) in [6.45, 7) is 3.51. The van der Waals surface area contributed by atoms with Gasteiger partial charge in [0.2, 0.25) is 0 Å². The lowest BCUT2D eigenvalue weighted by Gasteiger charge is -2.41. The van der Waals surface area contributed by atoms with Crippen molar-refractivity contribution in [3.63, 3.8) is 0 Å². The summed E-state index contributed by atoms with van der Waals surface area (Å²) < 4.78 is 35.4. The normalized spacial score (nSPS) is 17.3. The number of aryl methyl sites for hydroxylation is 1. The van der Waals surface area contributed by atoms with E-state index in [1.54, 1.807) is 26.1 Å². The minimum atomic E-state index is -1.12. The summed E-state index contributed by atoms with van der Waals surface area (Å²) in [6.07, 6.45) is 2.48. The van der Waals surface area contributed by atoms with Gasteiger partial charge in [0.05, 0.1) is 36.7 Å². The molecular weight excluding hydrogens is 510 g/mol. The van der Waals surface area contributed by atoms with Crippen LogP contribution in [0.5, 0.6) is 5.75 Å². The summed E-state index contributed by atoms with van der Waals surface area (Å²) in [6, 6.07) is 4.56. The molecule has 37 heavy (non-hydrogen) atoms. The summed E-state index contributed by atoms with van der Waals surface area (Å²) in [7, 11) is 0. The predicted molar refractivity (Wildman–Crippen MR) is 128 cm³/mol. The lowest BCUT2D eigenvalue weighted by atomic mass is 10.0. The number of carbonyl (C=O) groups excluding carboxylic acids is 1. The predicted octanol–water partition coefficient (Wildman–Crippen LogP) is 4.13. The number of pyridine rings is 1. The first-order chi connectivity index (χ1) is 17.6. The fraction of sp³-hybridized carbons (Fsp3) is 0.292. The van der Waals surface area contributed by atoms with Gasteiger partial charge in [0.25, 0.3) is 0 Å². The van der Waals surface area contributed by atoms with Crippen LogP contribution >= 0.6 is 11.6 Å². The Morgan fingerprint density at radius 3 is 2.59 bits per heavy atom. The van der Waals surface area contributed by atoms with Crippen LogP contribution in [0, 0.1) is 25.5 Å². The molecule has 10 nitrogen and oxygen atoms in total. The van der Waals surface area contributed by atoms with Crippen LogP contribution in [-0.2, 0) is 0 Å². The van der Waals surface area contributed by atoms with E-state index < -0.39 is 35.8 Å². The number of hydrogen-bond donors (Lipinski definition) is 1. The summed E-state index contributed by atoms with van der Waals surface area (Å²) in [5, 5.41) is 19.2. The minimum Gasteiger partial charge on any atom is -0.483 e. The number of hydrazone groups is 1. The van der Waals surface area contributed by atoms with E-state index in [2.05, 4.69) is 15.2 Å². The molecular formula is C24H21ClF2N6O4. The molecule has 1 atom stereocenters. The third-order valence-corrected chi connectivity index (χ3v) is 6.45. The average Bonchev–Trinajstić information content (AvgIpc) is 3.40. The van der Waals surface area contributed by atoms with Crippen molar-refractivity contribution in [1.82, 2.24) is 24.7 Å². The van der Waals surface area contributed by atoms with Gasteiger partial charge in [0, 0.05) is 23.7 Å². The van der Waals surface area contributed by atoms with Gasteiger partial charge in [-0.05, 0) is 37.6 Å². The van der Waals surface area contributed by atoms with Gasteiger partial charge in [0.1, 0.15) is 17.5 Å². The van der Waals surface area contributed by atoms with Crippen LogP contribution in [0.1, 0.15) is 39.8 Å². The van der Waals surface area contributed by atoms with Crippen LogP contribution in [0.4, 0.5) is 13.6 Å². The van der Waals surface area contributed by atoms with Crippen molar-refractivity contribution in [2.45, 2.75) is 32.4 Å². The molecule has 192 valence electrons. The van der Waals surface area contributed by atoms with Crippen molar-refractivity contribution in [2.24, 2.45) is 5.10 Å². The number of likely N-dealkylation sites (tertiary alicyclic amines) is 1. The van der Waals surface area contributed by atoms with Crippen molar-refractivity contribution in [3.05, 3.63) is 69.6 Å². The molecule has 0 spiro atoms. The molecule has 3 aromatic rings. The van der Waals surface area contributed by atoms with E-state index in [9.17, 15) is 23.5 Å². The first-order valence-electron chi connectivity index (χ1n) is 11.3. The second-order valence-electron chi connectivity index (χ2n) is 8.76. The standard InChI is InChI=1S/C24H21ClF2N6O4/c1-12-22(23(34)35)13(2)32(30-12)21-8-20(18(27)9-28-21)37-17-10-31(11-17)24(36)33-19(3-4-29-33)14-5-15(25)7-16(26)6-14/h4-9,17,19H,3,10-11H2,1-2H3,(H,34,35)/t19-/m0/s1. The number of carboxylic acid groups (broad SMARTS) is 1. The van der Waals surface area contributed by atoms with Crippen molar-refractivity contribution in [1.29, 1.82) is 0 Å². The SMILES string of the molecule is Cc1nn(-c2cc(OC3CN(C(=O)N4N=CC[C@H]4c4cc(F)cc(Cl)c4)C3)c(F)cn2)c(C)c1C(=O)O. The number of amides is 2. The minimum absolute atomic E-state index is 0.0464. The lowest BCUT2D eigenvalue weighted by Crippen LogP contribution is -2.58. The van der Waals surface area contributed by atoms with E-state index in [0.29, 0.717) is 23.4 Å². The van der Waals surface area contributed by atoms with E-state index in [1.165, 1.54) is 32.8 Å². The topological polar surface area (TPSA) is 113 Å². The van der Waals surface area contributed by atoms with Gasteiger partial charge in [-0.25, -0.2) is 33.0 Å². The molecule has 0 saturated carbocycles. The quantitative estimate of drug-likeness (QED) is 0.530. The highest BCUT2D eigenvalue weighted by Crippen LogP contribution is 2.33. The summed E-state index contributed by atoms with van der Waals surface area (Å²) in [5.74, 6) is -2.24. The monoisotopic (exact) mass is 530 g/mol. The Labute approximate surface area is 214 Å². The van der Waals surface area contributed by atoms with Gasteiger partial charge in [0.15, 0.2) is 17.4 Å². The smallest absolute Gasteiger partial charge is 0.341 e. The Kier molecular flexibility index (Phi) is 6.28. The zero-order valence-electron chi connectivity index (χ0n) is 19.7. The zero-order chi connectivity index (χ0) is 26.4. The van der Waals surface area contributed by atoms with E-state index in [0.717, 1.165) is 6.20 Å². The maximum Gasteiger partial charge on any atom is 0.341 e. The lowest BCUT2D eigenvalue weighted by molar-refractivity contribution is 0.0256. The number of urea groups is 1. The molecule has 2 aliphatic heterocycles. The number of aromatic nitrogens is 3. The van der Waals surface area contributed by atoms with Crippen molar-refractivity contribution in [2.75, 3.05) is 13.1 Å². The van der Waals surface area contributed by atoms with Gasteiger partial charge in [-0.3, -0.25) is 0 Å². The van der Waals surface area contributed by atoms with Crippen LogP contribution < -0.4 is 4.74 Å². The molecule has 2 amide bonds. The third kappa shape index (κ3) is 4.59. The van der Waals surface area contributed by atoms with E-state index in [4.69, 9.17) is 16.3 Å². The summed E-state index contributed by atoms with van der Waals surface area (Å²) >= 11 is 5.97. The number of carboxylic acids is 1. The Morgan fingerprint density at radius 2 is 1.92 bits per heavy atom. The zero-order valence-corrected chi connectivity index (χ0v) is 20.5. The van der Waals surface area contributed by atoms with Gasteiger partial charge >= 0.3 is 12.0 Å². The van der Waals surface area contributed by atoms with Gasteiger partial charge < -0.3 is 14.7 Å². The van der Waals surface area contributed by atoms with E-state index in [-0.39, 0.29) is 35.2 Å². The van der Waals surface area contributed by atoms with Crippen LogP contribution in [0.15, 0.2) is 35.6 Å². The van der Waals surface area contributed by atoms with Gasteiger partial charge in [-0.1, -0.05) is 11.6 Å². The number of rotatable bonds is 5. The maximum atomic E-state index is 14.5. The number of carbonyl (C=O) groups is 2. The fourth-order valence-electron chi connectivity index (χ4n) is 4.43. The highest BCUT2D eigenvalue weighted by Gasteiger charge is 2.39. The second-order valence-corrected chi connectivity index (χ2v) is 9.20. The number of halogens is 3. The number of ether oxygens (including phenoxy) is 1.